The molecule has 5 aromatic rings. The molecule has 5 nitrogen and oxygen atoms in total. The van der Waals surface area contributed by atoms with Crippen LogP contribution in [0.2, 0.25) is 0 Å². The van der Waals surface area contributed by atoms with Gasteiger partial charge in [0.15, 0.2) is 0 Å². The minimum Gasteiger partial charge on any atom is -0.510 e. The second-order valence-electron chi connectivity index (χ2n) is 9.23. The van der Waals surface area contributed by atoms with E-state index in [0.29, 0.717) is 11.6 Å². The monoisotopic (exact) mass is 718 g/mol. The van der Waals surface area contributed by atoms with Crippen LogP contribution >= 0.6 is 7.92 Å². The maximum Gasteiger partial charge on any atom is 0.216 e. The number of anilines is 4. The van der Waals surface area contributed by atoms with Crippen LogP contribution in [0.4, 0.5) is 22.7 Å². The van der Waals surface area contributed by atoms with E-state index < -0.39 is 7.92 Å². The molecule has 0 bridgehead atoms. The Morgan fingerprint density at radius 1 is 0.750 bits per heavy atom. The fourth-order valence-electron chi connectivity index (χ4n) is 4.90. The summed E-state index contributed by atoms with van der Waals surface area (Å²) < 4.78 is 6.15. The molecular weight excluding hydrogens is 694 g/mol. The van der Waals surface area contributed by atoms with Crippen LogP contribution in [-0.2, 0) is 21.1 Å². The van der Waals surface area contributed by atoms with Crippen molar-refractivity contribution in [2.24, 2.45) is 0 Å². The van der Waals surface area contributed by atoms with E-state index >= 15 is 0 Å². The molecule has 1 aromatic heterocycles. The van der Waals surface area contributed by atoms with Crippen molar-refractivity contribution in [1.29, 1.82) is 0 Å². The van der Waals surface area contributed by atoms with E-state index in [1.807, 2.05) is 55.3 Å². The summed E-state index contributed by atoms with van der Waals surface area (Å²) in [6, 6.07) is 42.7. The zero-order valence-electron chi connectivity index (χ0n) is 21.6. The molecule has 0 spiro atoms. The normalized spacial score (nSPS) is 15.3. The van der Waals surface area contributed by atoms with Crippen LogP contribution in [0.15, 0.2) is 122 Å². The minimum atomic E-state index is -0.802. The van der Waals surface area contributed by atoms with Crippen LogP contribution < -0.4 is 30.5 Å². The maximum atomic E-state index is 6.15. The first kappa shape index (κ1) is 26.3. The number of ether oxygens (including phenoxy) is 1. The second-order valence-corrected chi connectivity index (χ2v) is 11.4. The standard InChI is InChI=1S/C33H24N4OP.Pt/c1-35-20-21-36(24-35)25-10-9-11-26(22-25)37-29-14-5-6-15-31(29)39(28-12-3-2-4-13-28)32-18-17-27(23-30(32)37)38-33-16-7-8-19-34-33;/h2-21,24H,1H3;/q-3;. The Kier molecular flexibility index (Phi) is 7.43. The van der Waals surface area contributed by atoms with E-state index in [4.69, 9.17) is 4.74 Å². The van der Waals surface area contributed by atoms with Crippen molar-refractivity contribution < 1.29 is 25.8 Å². The van der Waals surface area contributed by atoms with Crippen LogP contribution in [-0.4, -0.2) is 16.9 Å². The zero-order chi connectivity index (χ0) is 26.2. The predicted molar refractivity (Wildman–Crippen MR) is 159 cm³/mol. The summed E-state index contributed by atoms with van der Waals surface area (Å²) >= 11 is 0. The van der Waals surface area contributed by atoms with Crippen molar-refractivity contribution >= 4 is 46.6 Å². The number of nitrogens with zero attached hydrogens (tertiary/aromatic N) is 4. The molecule has 0 aliphatic carbocycles. The Morgan fingerprint density at radius 2 is 1.55 bits per heavy atom. The summed E-state index contributed by atoms with van der Waals surface area (Å²) in [7, 11) is 1.21. The molecule has 40 heavy (non-hydrogen) atoms. The van der Waals surface area contributed by atoms with Gasteiger partial charge in [-0.3, -0.25) is 0 Å². The van der Waals surface area contributed by atoms with E-state index in [1.165, 1.54) is 15.9 Å². The van der Waals surface area contributed by atoms with Crippen molar-refractivity contribution in [2.45, 2.75) is 0 Å². The Morgan fingerprint density at radius 3 is 2.35 bits per heavy atom. The summed E-state index contributed by atoms with van der Waals surface area (Å²) in [6.07, 6.45) is 5.79. The molecule has 0 saturated carbocycles. The summed E-state index contributed by atoms with van der Waals surface area (Å²) in [4.78, 5) is 10.7. The van der Waals surface area contributed by atoms with Gasteiger partial charge in [-0.15, -0.1) is 36.0 Å². The van der Waals surface area contributed by atoms with Gasteiger partial charge in [0, 0.05) is 44.8 Å². The summed E-state index contributed by atoms with van der Waals surface area (Å²) in [6.45, 7) is 2.04. The first-order valence-electron chi connectivity index (χ1n) is 12.7. The molecule has 0 N–H and O–H groups in total. The van der Waals surface area contributed by atoms with Crippen molar-refractivity contribution in [3.63, 3.8) is 0 Å². The zero-order valence-corrected chi connectivity index (χ0v) is 24.8. The third kappa shape index (κ3) is 4.92. The van der Waals surface area contributed by atoms with Crippen molar-refractivity contribution in [3.8, 4) is 11.6 Å². The van der Waals surface area contributed by atoms with Crippen molar-refractivity contribution in [2.75, 3.05) is 16.8 Å². The van der Waals surface area contributed by atoms with Gasteiger partial charge in [-0.25, -0.2) is 4.98 Å². The molecule has 0 amide bonds. The van der Waals surface area contributed by atoms with Crippen LogP contribution in [0, 0.1) is 18.8 Å². The van der Waals surface area contributed by atoms with Gasteiger partial charge in [0.05, 0.1) is 0 Å². The summed E-state index contributed by atoms with van der Waals surface area (Å²) in [5.41, 5.74) is 3.98. The average molecular weight is 719 g/mol. The van der Waals surface area contributed by atoms with Gasteiger partial charge in [-0.05, 0) is 42.2 Å². The number of pyridine rings is 1. The molecule has 0 saturated heterocycles. The Labute approximate surface area is 250 Å². The topological polar surface area (TPSA) is 31.8 Å². The molecule has 1 unspecified atom stereocenters. The molecule has 7 rings (SSSR count). The predicted octanol–water partition coefficient (Wildman–Crippen LogP) is 6.36. The van der Waals surface area contributed by atoms with E-state index in [-0.39, 0.29) is 21.1 Å². The molecule has 3 heterocycles. The number of rotatable bonds is 5. The largest absolute Gasteiger partial charge is 0.510 e. The van der Waals surface area contributed by atoms with E-state index in [1.54, 1.807) is 6.20 Å². The van der Waals surface area contributed by atoms with Gasteiger partial charge in [-0.1, -0.05) is 79.2 Å². The van der Waals surface area contributed by atoms with Gasteiger partial charge >= 0.3 is 0 Å². The molecule has 2 aliphatic heterocycles. The number of benzene rings is 4. The number of hydrogen-bond donors (Lipinski definition) is 0. The molecular formula is C33H24N4OPPt-3. The van der Waals surface area contributed by atoms with Crippen molar-refractivity contribution in [1.82, 2.24) is 9.88 Å². The van der Waals surface area contributed by atoms with E-state index in [0.717, 1.165) is 22.7 Å². The molecule has 0 radical (unpaired) electrons. The van der Waals surface area contributed by atoms with Crippen LogP contribution in [0.3, 0.4) is 0 Å². The first-order chi connectivity index (χ1) is 19.2. The van der Waals surface area contributed by atoms with E-state index in [2.05, 4.69) is 106 Å². The molecule has 0 fully saturated rings. The average Bonchev–Trinajstić information content (AvgIpc) is 3.43. The van der Waals surface area contributed by atoms with E-state index in [9.17, 15) is 0 Å². The van der Waals surface area contributed by atoms with Crippen LogP contribution in [0.1, 0.15) is 0 Å². The molecule has 1 atom stereocenters. The maximum absolute atomic E-state index is 6.15. The Balaban J connectivity index is 0.00000289. The number of hydrogen-bond acceptors (Lipinski definition) is 5. The molecule has 2 aliphatic rings. The number of para-hydroxylation sites is 1. The van der Waals surface area contributed by atoms with Gasteiger partial charge in [0.25, 0.3) is 0 Å². The minimum absolute atomic E-state index is 0. The molecule has 7 heteroatoms. The Hall–Kier alpha value is -3.91. The number of aromatic nitrogens is 1. The fraction of sp³-hybridized carbons (Fsp3) is 0.0303. The first-order valence-corrected chi connectivity index (χ1v) is 14.0. The third-order valence-corrected chi connectivity index (χ3v) is 9.14. The van der Waals surface area contributed by atoms with Gasteiger partial charge in [-0.2, -0.15) is 18.8 Å². The summed E-state index contributed by atoms with van der Waals surface area (Å²) in [5, 5.41) is 3.81. The molecule has 200 valence electrons. The van der Waals surface area contributed by atoms with Crippen LogP contribution in [0.25, 0.3) is 0 Å². The number of fused-ring (bicyclic) bond motifs is 2. The SMILES string of the molecule is CN1C=CN(c2[c-]c(N3c4[c-]c(Oc5ccccn5)ccc4P(c4ccccc4)c4ccccc43)ccc2)[CH-]1.[Pt]. The van der Waals surface area contributed by atoms with Crippen LogP contribution in [0.5, 0.6) is 11.6 Å². The Bertz CT molecular complexity index is 1660. The molecule has 4 aromatic carbocycles. The fourth-order valence-corrected chi connectivity index (χ4v) is 7.42. The second kappa shape index (κ2) is 11.3. The third-order valence-electron chi connectivity index (χ3n) is 6.62. The smallest absolute Gasteiger partial charge is 0.216 e. The quantitative estimate of drug-likeness (QED) is 0.153. The van der Waals surface area contributed by atoms with Gasteiger partial charge in [0.1, 0.15) is 0 Å². The van der Waals surface area contributed by atoms with Gasteiger partial charge < -0.3 is 19.4 Å². The van der Waals surface area contributed by atoms with Crippen molar-refractivity contribution in [3.05, 3.63) is 141 Å². The summed E-state index contributed by atoms with van der Waals surface area (Å²) in [5.74, 6) is 1.16. The van der Waals surface area contributed by atoms with Gasteiger partial charge in [0.2, 0.25) is 5.88 Å².